The van der Waals surface area contributed by atoms with Gasteiger partial charge in [0.15, 0.2) is 0 Å². The van der Waals surface area contributed by atoms with Gasteiger partial charge in [-0.15, -0.1) is 0 Å². The van der Waals surface area contributed by atoms with Crippen molar-refractivity contribution < 1.29 is 13.9 Å². The highest BCUT2D eigenvalue weighted by molar-refractivity contribution is 6.30. The third-order valence-corrected chi connectivity index (χ3v) is 2.24. The zero-order valence-electron chi connectivity index (χ0n) is 7.09. The SMILES string of the molecule is O=C1N[C@@H](c2cc(Cl)ccc2F)CO1. The first-order valence-corrected chi connectivity index (χ1v) is 4.43. The molecular formula is C9H7ClFNO2. The first-order chi connectivity index (χ1) is 6.66. The summed E-state index contributed by atoms with van der Waals surface area (Å²) in [7, 11) is 0. The van der Waals surface area contributed by atoms with Gasteiger partial charge < -0.3 is 10.1 Å². The number of benzene rings is 1. The van der Waals surface area contributed by atoms with E-state index in [0.29, 0.717) is 10.6 Å². The summed E-state index contributed by atoms with van der Waals surface area (Å²) in [6, 6.07) is 3.76. The number of hydrogen-bond acceptors (Lipinski definition) is 2. The van der Waals surface area contributed by atoms with Crippen LogP contribution in [0.1, 0.15) is 11.6 Å². The Kier molecular flexibility index (Phi) is 2.29. The van der Waals surface area contributed by atoms with E-state index in [1.165, 1.54) is 18.2 Å². The zero-order valence-corrected chi connectivity index (χ0v) is 7.84. The largest absolute Gasteiger partial charge is 0.447 e. The van der Waals surface area contributed by atoms with Gasteiger partial charge in [0.05, 0.1) is 6.04 Å². The van der Waals surface area contributed by atoms with Gasteiger partial charge in [-0.2, -0.15) is 0 Å². The number of hydrogen-bond donors (Lipinski definition) is 1. The van der Waals surface area contributed by atoms with Crippen molar-refractivity contribution in [1.29, 1.82) is 0 Å². The van der Waals surface area contributed by atoms with Crippen LogP contribution in [0.15, 0.2) is 18.2 Å². The van der Waals surface area contributed by atoms with E-state index in [1.807, 2.05) is 0 Å². The van der Waals surface area contributed by atoms with Crippen LogP contribution in [0.2, 0.25) is 5.02 Å². The molecule has 1 amide bonds. The maximum Gasteiger partial charge on any atom is 0.407 e. The number of rotatable bonds is 1. The fourth-order valence-electron chi connectivity index (χ4n) is 1.33. The Hall–Kier alpha value is -1.29. The smallest absolute Gasteiger partial charge is 0.407 e. The van der Waals surface area contributed by atoms with Crippen LogP contribution in [0.4, 0.5) is 9.18 Å². The van der Waals surface area contributed by atoms with Gasteiger partial charge in [0.1, 0.15) is 12.4 Å². The van der Waals surface area contributed by atoms with E-state index in [4.69, 9.17) is 11.6 Å². The number of cyclic esters (lactones) is 1. The normalized spacial score (nSPS) is 20.4. The highest BCUT2D eigenvalue weighted by atomic mass is 35.5. The minimum Gasteiger partial charge on any atom is -0.447 e. The first kappa shape index (κ1) is 9.27. The number of nitrogens with one attached hydrogen (secondary N) is 1. The first-order valence-electron chi connectivity index (χ1n) is 4.05. The van der Waals surface area contributed by atoms with Crippen LogP contribution in [0.25, 0.3) is 0 Å². The predicted octanol–water partition coefficient (Wildman–Crippen LogP) is 2.26. The van der Waals surface area contributed by atoms with Crippen LogP contribution < -0.4 is 5.32 Å². The van der Waals surface area contributed by atoms with Crippen molar-refractivity contribution in [2.24, 2.45) is 0 Å². The molecule has 1 heterocycles. The van der Waals surface area contributed by atoms with Crippen LogP contribution >= 0.6 is 11.6 Å². The average molecular weight is 216 g/mol. The van der Waals surface area contributed by atoms with Crippen LogP contribution in [0.3, 0.4) is 0 Å². The summed E-state index contributed by atoms with van der Waals surface area (Å²) in [5, 5.41) is 2.91. The van der Waals surface area contributed by atoms with Crippen LogP contribution in [0, 0.1) is 5.82 Å². The Labute approximate surface area is 84.8 Å². The molecule has 14 heavy (non-hydrogen) atoms. The Morgan fingerprint density at radius 3 is 3.00 bits per heavy atom. The number of carbonyl (C=O) groups is 1. The van der Waals surface area contributed by atoms with Crippen molar-refractivity contribution in [2.45, 2.75) is 6.04 Å². The molecule has 1 aliphatic rings. The lowest BCUT2D eigenvalue weighted by atomic mass is 10.1. The van der Waals surface area contributed by atoms with Crippen molar-refractivity contribution in [3.63, 3.8) is 0 Å². The summed E-state index contributed by atoms with van der Waals surface area (Å²) < 4.78 is 17.9. The highest BCUT2D eigenvalue weighted by Crippen LogP contribution is 2.24. The Balaban J connectivity index is 2.31. The molecule has 74 valence electrons. The number of carbonyl (C=O) groups excluding carboxylic acids is 1. The van der Waals surface area contributed by atoms with Gasteiger partial charge in [-0.05, 0) is 18.2 Å². The molecule has 0 spiro atoms. The summed E-state index contributed by atoms with van der Waals surface area (Å²) in [4.78, 5) is 10.7. The second-order valence-corrected chi connectivity index (χ2v) is 3.40. The third kappa shape index (κ3) is 1.65. The molecule has 1 fully saturated rings. The Morgan fingerprint density at radius 1 is 1.57 bits per heavy atom. The maximum atomic E-state index is 13.3. The number of alkyl carbamates (subject to hydrolysis) is 1. The van der Waals surface area contributed by atoms with E-state index >= 15 is 0 Å². The quantitative estimate of drug-likeness (QED) is 0.781. The predicted molar refractivity (Wildman–Crippen MR) is 48.6 cm³/mol. The van der Waals surface area contributed by atoms with Crippen LogP contribution in [-0.2, 0) is 4.74 Å². The second-order valence-electron chi connectivity index (χ2n) is 2.96. The summed E-state index contributed by atoms with van der Waals surface area (Å²) in [5.41, 5.74) is 0.350. The molecule has 0 unspecified atom stereocenters. The van der Waals surface area contributed by atoms with Crippen molar-refractivity contribution in [3.8, 4) is 0 Å². The number of ether oxygens (including phenoxy) is 1. The molecular weight excluding hydrogens is 209 g/mol. The maximum absolute atomic E-state index is 13.3. The molecule has 0 aliphatic carbocycles. The number of halogens is 2. The van der Waals surface area contributed by atoms with Crippen molar-refractivity contribution >= 4 is 17.7 Å². The Bertz CT molecular complexity index is 383. The molecule has 1 saturated heterocycles. The summed E-state index contributed by atoms with van der Waals surface area (Å²) in [6.07, 6.45) is -0.533. The lowest BCUT2D eigenvalue weighted by Gasteiger charge is -2.08. The lowest BCUT2D eigenvalue weighted by molar-refractivity contribution is 0.177. The average Bonchev–Trinajstić information content (AvgIpc) is 2.56. The lowest BCUT2D eigenvalue weighted by Crippen LogP contribution is -2.19. The summed E-state index contributed by atoms with van der Waals surface area (Å²) in [6.45, 7) is 0.135. The molecule has 2 rings (SSSR count). The van der Waals surface area contributed by atoms with Crippen molar-refractivity contribution in [2.75, 3.05) is 6.61 Å². The molecule has 3 nitrogen and oxygen atoms in total. The standard InChI is InChI=1S/C9H7ClFNO2/c10-5-1-2-7(11)6(3-5)8-4-14-9(13)12-8/h1-3,8H,4H2,(H,12,13)/t8-/m1/s1. The molecule has 1 aliphatic heterocycles. The molecule has 1 N–H and O–H groups in total. The highest BCUT2D eigenvalue weighted by Gasteiger charge is 2.26. The zero-order chi connectivity index (χ0) is 10.1. The van der Waals surface area contributed by atoms with Gasteiger partial charge >= 0.3 is 6.09 Å². The fourth-order valence-corrected chi connectivity index (χ4v) is 1.51. The number of amides is 1. The van der Waals surface area contributed by atoms with E-state index in [-0.39, 0.29) is 6.61 Å². The molecule has 1 atom stereocenters. The van der Waals surface area contributed by atoms with Gasteiger partial charge in [0.2, 0.25) is 0 Å². The Morgan fingerprint density at radius 2 is 2.36 bits per heavy atom. The molecule has 0 saturated carbocycles. The van der Waals surface area contributed by atoms with E-state index in [0.717, 1.165) is 0 Å². The molecule has 0 bridgehead atoms. The van der Waals surface area contributed by atoms with E-state index in [2.05, 4.69) is 10.1 Å². The minimum atomic E-state index is -0.533. The minimum absolute atomic E-state index is 0.135. The molecule has 1 aromatic carbocycles. The summed E-state index contributed by atoms with van der Waals surface area (Å²) >= 11 is 5.71. The molecule has 0 aromatic heterocycles. The van der Waals surface area contributed by atoms with Gasteiger partial charge in [0.25, 0.3) is 0 Å². The fraction of sp³-hybridized carbons (Fsp3) is 0.222. The molecule has 0 radical (unpaired) electrons. The monoisotopic (exact) mass is 215 g/mol. The third-order valence-electron chi connectivity index (χ3n) is 2.01. The van der Waals surface area contributed by atoms with E-state index in [9.17, 15) is 9.18 Å². The van der Waals surface area contributed by atoms with E-state index in [1.54, 1.807) is 0 Å². The molecule has 1 aromatic rings. The van der Waals surface area contributed by atoms with Crippen molar-refractivity contribution in [3.05, 3.63) is 34.6 Å². The van der Waals surface area contributed by atoms with Crippen LogP contribution in [-0.4, -0.2) is 12.7 Å². The van der Waals surface area contributed by atoms with Gasteiger partial charge in [0, 0.05) is 10.6 Å². The van der Waals surface area contributed by atoms with Gasteiger partial charge in [-0.25, -0.2) is 9.18 Å². The topological polar surface area (TPSA) is 38.3 Å². The second kappa shape index (κ2) is 3.46. The van der Waals surface area contributed by atoms with E-state index < -0.39 is 18.0 Å². The van der Waals surface area contributed by atoms with Gasteiger partial charge in [-0.1, -0.05) is 11.6 Å². The van der Waals surface area contributed by atoms with Crippen LogP contribution in [0.5, 0.6) is 0 Å². The summed E-state index contributed by atoms with van der Waals surface area (Å²) in [5.74, 6) is -0.398. The molecule has 5 heteroatoms. The van der Waals surface area contributed by atoms with Gasteiger partial charge in [-0.3, -0.25) is 0 Å². The van der Waals surface area contributed by atoms with Crippen molar-refractivity contribution in [1.82, 2.24) is 5.32 Å².